The molecule has 0 aliphatic heterocycles. The highest BCUT2D eigenvalue weighted by atomic mass is 35.5. The highest BCUT2D eigenvalue weighted by molar-refractivity contribution is 6.18. The van der Waals surface area contributed by atoms with Crippen LogP contribution in [0.25, 0.3) is 0 Å². The minimum absolute atomic E-state index is 0.0947. The highest BCUT2D eigenvalue weighted by Gasteiger charge is 2.21. The van der Waals surface area contributed by atoms with Crippen LogP contribution >= 0.6 is 11.6 Å². The summed E-state index contributed by atoms with van der Waals surface area (Å²) in [4.78, 5) is 13.5. The summed E-state index contributed by atoms with van der Waals surface area (Å²) >= 11 is 5.66. The quantitative estimate of drug-likeness (QED) is 0.775. The molecule has 1 aromatic carbocycles. The van der Waals surface area contributed by atoms with Crippen LogP contribution in [0.5, 0.6) is 5.75 Å². The third-order valence-electron chi connectivity index (χ3n) is 2.54. The summed E-state index contributed by atoms with van der Waals surface area (Å²) in [6.45, 7) is -1.20. The Bertz CT molecular complexity index is 415. The van der Waals surface area contributed by atoms with E-state index in [0.717, 1.165) is 0 Å². The molecule has 0 radical (unpaired) electrons. The second-order valence-corrected chi connectivity index (χ2v) is 4.10. The molecule has 3 nitrogen and oxygen atoms in total. The Balaban J connectivity index is 2.98. The Morgan fingerprint density at radius 1 is 1.44 bits per heavy atom. The van der Waals surface area contributed by atoms with Crippen molar-refractivity contribution < 1.29 is 18.3 Å². The van der Waals surface area contributed by atoms with Gasteiger partial charge in [0.1, 0.15) is 5.75 Å². The van der Waals surface area contributed by atoms with Gasteiger partial charge < -0.3 is 9.64 Å². The number of carbonyl (C=O) groups excluding carboxylic acids is 1. The van der Waals surface area contributed by atoms with E-state index in [-0.39, 0.29) is 23.2 Å². The molecular weight excluding hydrogens is 264 g/mol. The summed E-state index contributed by atoms with van der Waals surface area (Å²) in [5.74, 6) is -0.273. The van der Waals surface area contributed by atoms with Gasteiger partial charge in [0.25, 0.3) is 5.91 Å². The average molecular weight is 278 g/mol. The van der Waals surface area contributed by atoms with Gasteiger partial charge in [0.05, 0.1) is 5.56 Å². The summed E-state index contributed by atoms with van der Waals surface area (Å²) in [6, 6.07) is 5.69. The molecule has 0 bridgehead atoms. The van der Waals surface area contributed by atoms with Gasteiger partial charge in [-0.25, -0.2) is 0 Å². The number of amides is 1. The summed E-state index contributed by atoms with van der Waals surface area (Å²) in [6.07, 6.45) is 0. The minimum Gasteiger partial charge on any atom is -0.434 e. The third-order valence-corrected chi connectivity index (χ3v) is 2.98. The van der Waals surface area contributed by atoms with Crippen molar-refractivity contribution in [2.24, 2.45) is 0 Å². The monoisotopic (exact) mass is 277 g/mol. The lowest BCUT2D eigenvalue weighted by atomic mass is 10.1. The first-order valence-corrected chi connectivity index (χ1v) is 5.87. The van der Waals surface area contributed by atoms with Gasteiger partial charge in [-0.1, -0.05) is 12.1 Å². The number of carbonyl (C=O) groups is 1. The number of rotatable bonds is 5. The number of hydrogen-bond donors (Lipinski definition) is 0. The Morgan fingerprint density at radius 2 is 2.06 bits per heavy atom. The van der Waals surface area contributed by atoms with E-state index in [1.165, 1.54) is 23.1 Å². The molecule has 1 rings (SSSR count). The topological polar surface area (TPSA) is 29.5 Å². The zero-order chi connectivity index (χ0) is 13.7. The lowest BCUT2D eigenvalue weighted by Gasteiger charge is -2.24. The fourth-order valence-electron chi connectivity index (χ4n) is 1.34. The van der Waals surface area contributed by atoms with Crippen molar-refractivity contribution >= 4 is 17.5 Å². The molecular formula is C12H14ClF2NO2. The smallest absolute Gasteiger partial charge is 0.387 e. The Morgan fingerprint density at radius 3 is 2.61 bits per heavy atom. The minimum atomic E-state index is -2.96. The van der Waals surface area contributed by atoms with E-state index in [4.69, 9.17) is 11.6 Å². The highest BCUT2D eigenvalue weighted by Crippen LogP contribution is 2.22. The standard InChI is InChI=1S/C12H14ClF2NO2/c1-8(7-13)16(2)11(17)9-5-3-4-6-10(9)18-12(14)15/h3-6,8,12H,7H2,1-2H3. The van der Waals surface area contributed by atoms with Crippen LogP contribution in [0, 0.1) is 0 Å². The molecule has 1 unspecified atom stereocenters. The third kappa shape index (κ3) is 3.57. The fraction of sp³-hybridized carbons (Fsp3) is 0.417. The number of nitrogens with zero attached hydrogens (tertiary/aromatic N) is 1. The SMILES string of the molecule is CC(CCl)N(C)C(=O)c1ccccc1OC(F)F. The van der Waals surface area contributed by atoms with Gasteiger partial charge >= 0.3 is 6.61 Å². The maximum atomic E-state index is 12.2. The van der Waals surface area contributed by atoms with Crippen LogP contribution in [-0.2, 0) is 0 Å². The van der Waals surface area contributed by atoms with Gasteiger partial charge in [-0.2, -0.15) is 8.78 Å². The summed E-state index contributed by atoms with van der Waals surface area (Å²) in [5.41, 5.74) is 0.0947. The largest absolute Gasteiger partial charge is 0.434 e. The molecule has 0 heterocycles. The van der Waals surface area contributed by atoms with Crippen molar-refractivity contribution in [1.82, 2.24) is 4.90 Å². The van der Waals surface area contributed by atoms with Gasteiger partial charge in [0, 0.05) is 19.0 Å². The number of hydrogen-bond acceptors (Lipinski definition) is 2. The molecule has 0 aromatic heterocycles. The van der Waals surface area contributed by atoms with Crippen molar-refractivity contribution in [2.75, 3.05) is 12.9 Å². The van der Waals surface area contributed by atoms with E-state index in [0.29, 0.717) is 0 Å². The number of alkyl halides is 3. The van der Waals surface area contributed by atoms with Gasteiger partial charge in [-0.15, -0.1) is 11.6 Å². The van der Waals surface area contributed by atoms with Crippen molar-refractivity contribution in [1.29, 1.82) is 0 Å². The Kier molecular flexibility index (Phi) is 5.34. The maximum Gasteiger partial charge on any atom is 0.387 e. The number of ether oxygens (including phenoxy) is 1. The van der Waals surface area contributed by atoms with E-state index in [1.54, 1.807) is 20.0 Å². The van der Waals surface area contributed by atoms with E-state index in [1.807, 2.05) is 0 Å². The molecule has 0 spiro atoms. The number of para-hydroxylation sites is 1. The Hall–Kier alpha value is -1.36. The zero-order valence-electron chi connectivity index (χ0n) is 10.1. The molecule has 0 saturated carbocycles. The zero-order valence-corrected chi connectivity index (χ0v) is 10.8. The summed E-state index contributed by atoms with van der Waals surface area (Å²) in [7, 11) is 1.56. The van der Waals surface area contributed by atoms with E-state index in [2.05, 4.69) is 4.74 Å². The predicted molar refractivity (Wildman–Crippen MR) is 65.3 cm³/mol. The van der Waals surface area contributed by atoms with Crippen LogP contribution in [0.1, 0.15) is 17.3 Å². The lowest BCUT2D eigenvalue weighted by Crippen LogP contribution is -2.36. The molecule has 100 valence electrons. The number of halogens is 3. The molecule has 0 aliphatic rings. The summed E-state index contributed by atoms with van der Waals surface area (Å²) in [5, 5.41) is 0. The van der Waals surface area contributed by atoms with Gasteiger partial charge in [-0.3, -0.25) is 4.79 Å². The molecule has 0 saturated heterocycles. The van der Waals surface area contributed by atoms with Crippen molar-refractivity contribution in [3.63, 3.8) is 0 Å². The molecule has 18 heavy (non-hydrogen) atoms. The molecule has 0 fully saturated rings. The molecule has 1 atom stereocenters. The van der Waals surface area contributed by atoms with Crippen LogP contribution in [0.3, 0.4) is 0 Å². The average Bonchev–Trinajstić information content (AvgIpc) is 2.36. The molecule has 0 N–H and O–H groups in total. The van der Waals surface area contributed by atoms with E-state index < -0.39 is 12.5 Å². The van der Waals surface area contributed by atoms with Crippen LogP contribution < -0.4 is 4.74 Å². The summed E-state index contributed by atoms with van der Waals surface area (Å²) < 4.78 is 28.8. The Labute approximate surface area is 109 Å². The molecule has 6 heteroatoms. The second-order valence-electron chi connectivity index (χ2n) is 3.79. The van der Waals surface area contributed by atoms with Crippen LogP contribution in [0.2, 0.25) is 0 Å². The fourth-order valence-corrected chi connectivity index (χ4v) is 1.54. The predicted octanol–water partition coefficient (Wildman–Crippen LogP) is 2.99. The first kappa shape index (κ1) is 14.7. The molecule has 0 aliphatic carbocycles. The maximum absolute atomic E-state index is 12.2. The van der Waals surface area contributed by atoms with E-state index >= 15 is 0 Å². The second kappa shape index (κ2) is 6.54. The van der Waals surface area contributed by atoms with Crippen LogP contribution in [0.15, 0.2) is 24.3 Å². The van der Waals surface area contributed by atoms with Gasteiger partial charge in [0.15, 0.2) is 0 Å². The first-order chi connectivity index (χ1) is 8.47. The first-order valence-electron chi connectivity index (χ1n) is 5.34. The normalized spacial score (nSPS) is 12.3. The van der Waals surface area contributed by atoms with Crippen molar-refractivity contribution in [3.8, 4) is 5.75 Å². The van der Waals surface area contributed by atoms with Crippen molar-refractivity contribution in [2.45, 2.75) is 19.6 Å². The van der Waals surface area contributed by atoms with Gasteiger partial charge in [0.2, 0.25) is 0 Å². The van der Waals surface area contributed by atoms with Gasteiger partial charge in [-0.05, 0) is 19.1 Å². The number of benzene rings is 1. The van der Waals surface area contributed by atoms with Crippen LogP contribution in [0.4, 0.5) is 8.78 Å². The lowest BCUT2D eigenvalue weighted by molar-refractivity contribution is -0.0502. The van der Waals surface area contributed by atoms with Crippen LogP contribution in [-0.4, -0.2) is 36.4 Å². The molecule has 1 amide bonds. The molecule has 1 aromatic rings. The van der Waals surface area contributed by atoms with E-state index in [9.17, 15) is 13.6 Å². The van der Waals surface area contributed by atoms with Crippen molar-refractivity contribution in [3.05, 3.63) is 29.8 Å².